The molecule has 0 aliphatic rings. The Kier molecular flexibility index (Phi) is 29.2. The van der Waals surface area contributed by atoms with E-state index in [-0.39, 0.29) is 35.9 Å². The summed E-state index contributed by atoms with van der Waals surface area (Å²) in [6.07, 6.45) is 2.26. The molecule has 0 atom stereocenters. The van der Waals surface area contributed by atoms with Gasteiger partial charge in [0, 0.05) is 25.7 Å². The van der Waals surface area contributed by atoms with Gasteiger partial charge in [0.15, 0.2) is 0 Å². The molecule has 0 aliphatic carbocycles. The molecule has 0 bridgehead atoms. The summed E-state index contributed by atoms with van der Waals surface area (Å²) in [5.74, 6) is 0. The quantitative estimate of drug-likeness (QED) is 0.0461. The first-order chi connectivity index (χ1) is 19.8. The molecule has 0 saturated heterocycles. The van der Waals surface area contributed by atoms with Gasteiger partial charge in [-0.05, 0) is 55.5 Å². The first kappa shape index (κ1) is 45.5. The van der Waals surface area contributed by atoms with Crippen LogP contribution in [0.25, 0.3) is 16.0 Å². The molecule has 0 amide bonds. The van der Waals surface area contributed by atoms with Crippen LogP contribution < -0.4 is 0 Å². The largest absolute Gasteiger partial charge is 0.287 e. The van der Waals surface area contributed by atoms with Crippen LogP contribution in [0.4, 0.5) is 0 Å². The fourth-order valence-electron chi connectivity index (χ4n) is 5.27. The van der Waals surface area contributed by atoms with Crippen molar-refractivity contribution >= 4 is 21.4 Å². The van der Waals surface area contributed by atoms with Crippen LogP contribution in [-0.2, 0) is 24.8 Å². The Bertz CT molecular complexity index is 1080. The number of hydrogen-bond donors (Lipinski definition) is 0. The first-order valence-corrected chi connectivity index (χ1v) is 17.7. The third-order valence-electron chi connectivity index (χ3n) is 6.10. The molecule has 7 heteroatoms. The van der Waals surface area contributed by atoms with Crippen LogP contribution in [0.2, 0.25) is 0 Å². The molecule has 237 valence electrons. The normalized spacial score (nSPS) is 9.81. The van der Waals surface area contributed by atoms with Gasteiger partial charge in [-0.1, -0.05) is 160 Å². The Morgan fingerprint density at radius 2 is 0.977 bits per heavy atom. The van der Waals surface area contributed by atoms with E-state index in [1.165, 1.54) is 0 Å². The van der Waals surface area contributed by atoms with Crippen LogP contribution in [0.1, 0.15) is 94.2 Å². The second-order valence-electron chi connectivity index (χ2n) is 11.2. The van der Waals surface area contributed by atoms with Gasteiger partial charge in [-0.3, -0.25) is 11.5 Å². The second kappa shape index (κ2) is 27.6. The smallest absolute Gasteiger partial charge is 0.0188 e. The van der Waals surface area contributed by atoms with Crippen LogP contribution >= 0.6 is 15.8 Å². The maximum absolute atomic E-state index is 8.13. The van der Waals surface area contributed by atoms with Gasteiger partial charge in [-0.25, -0.2) is 0 Å². The van der Waals surface area contributed by atoms with E-state index in [0.29, 0.717) is 0 Å². The van der Waals surface area contributed by atoms with Crippen molar-refractivity contribution in [1.29, 1.82) is 0 Å². The summed E-state index contributed by atoms with van der Waals surface area (Å²) in [4.78, 5) is 2.55. The van der Waals surface area contributed by atoms with Crippen molar-refractivity contribution in [3.8, 4) is 0 Å². The molecular formula is C36H52IrN3OP2-. The third-order valence-corrected chi connectivity index (χ3v) is 13.3. The minimum Gasteiger partial charge on any atom is -0.287 e. The zero-order valence-electron chi connectivity index (χ0n) is 28.2. The maximum atomic E-state index is 8.13. The molecule has 2 rings (SSSR count). The van der Waals surface area contributed by atoms with Gasteiger partial charge in [0.25, 0.3) is 0 Å². The van der Waals surface area contributed by atoms with Crippen LogP contribution in [0.3, 0.4) is 0 Å². The number of nitrogens with zero attached hydrogens (tertiary/aromatic N) is 3. The second-order valence-corrected chi connectivity index (χ2v) is 19.2. The van der Waals surface area contributed by atoms with Gasteiger partial charge < -0.3 is 0 Å². The van der Waals surface area contributed by atoms with Gasteiger partial charge >= 0.3 is 11.3 Å². The Morgan fingerprint density at radius 3 is 1.21 bits per heavy atom. The van der Waals surface area contributed by atoms with E-state index in [0.717, 1.165) is 50.7 Å². The molecule has 0 spiro atoms. The molecule has 0 heterocycles. The van der Waals surface area contributed by atoms with Crippen molar-refractivity contribution < 1.29 is 24.8 Å². The molecule has 2 aromatic rings. The van der Waals surface area contributed by atoms with Crippen molar-refractivity contribution in [2.24, 2.45) is 5.11 Å². The van der Waals surface area contributed by atoms with E-state index < -0.39 is 0 Å². The Labute approximate surface area is 279 Å². The average molecular weight is 797 g/mol. The minimum atomic E-state index is 0. The van der Waals surface area contributed by atoms with E-state index >= 15 is 0 Å². The van der Waals surface area contributed by atoms with Gasteiger partial charge in [0.05, 0.1) is 0 Å². The van der Waals surface area contributed by atoms with Crippen LogP contribution in [0, 0.1) is 12.9 Å². The number of benzene rings is 2. The molecule has 0 fully saturated rings. The minimum absolute atomic E-state index is 0. The van der Waals surface area contributed by atoms with Gasteiger partial charge in [0.2, 0.25) is 0 Å². The summed E-state index contributed by atoms with van der Waals surface area (Å²) >= 11 is 0. The first-order valence-electron chi connectivity index (χ1n) is 14.6. The summed E-state index contributed by atoms with van der Waals surface area (Å²) in [7, 11) is 0.525. The van der Waals surface area contributed by atoms with Gasteiger partial charge in [-0.15, -0.1) is 6.20 Å². The zero-order chi connectivity index (χ0) is 32.7. The molecule has 0 aliphatic heterocycles. The topological polar surface area (TPSA) is 68.7 Å². The van der Waals surface area contributed by atoms with Gasteiger partial charge in [0.1, 0.15) is 0 Å². The Balaban J connectivity index is -0.000000593. The molecule has 43 heavy (non-hydrogen) atoms. The van der Waals surface area contributed by atoms with Crippen LogP contribution in [-0.4, -0.2) is 34.0 Å². The van der Waals surface area contributed by atoms with Crippen molar-refractivity contribution in [2.45, 2.75) is 117 Å². The molecule has 1 radical (unpaired) electrons. The monoisotopic (exact) mass is 797 g/mol. The SMILES string of the molecule is CC(C)P(C(C)C)C(C)C.CC(C)P(C(C)C)C(C)C.[C-]#[O+].[Ir].[N-]=[N+]=N[C-]=C=C=C=C(c1ccccc1)c1ccccc1. The van der Waals surface area contributed by atoms with Gasteiger partial charge in [-0.2, -0.15) is 10.8 Å². The fourth-order valence-corrected chi connectivity index (χ4v) is 12.4. The van der Waals surface area contributed by atoms with E-state index in [4.69, 9.17) is 10.2 Å². The van der Waals surface area contributed by atoms with Crippen molar-refractivity contribution in [3.05, 3.63) is 112 Å². The van der Waals surface area contributed by atoms with E-state index in [1.54, 1.807) is 0 Å². The summed E-state index contributed by atoms with van der Waals surface area (Å²) in [5.41, 5.74) is 24.7. The van der Waals surface area contributed by atoms with Crippen molar-refractivity contribution in [3.63, 3.8) is 0 Å². The average Bonchev–Trinajstić information content (AvgIpc) is 2.92. The predicted octanol–water partition coefficient (Wildman–Crippen LogP) is 12.0. The van der Waals surface area contributed by atoms with Crippen molar-refractivity contribution in [1.82, 2.24) is 0 Å². The standard InChI is InChI=1S/C17H10N3.2C9H21P.CO.Ir/c18-20-19-14-8-7-13-17(15-9-3-1-4-10-15)16-11-5-2-6-12-16;2*1-7(2)10(8(3)4)9(5)6;1-2;/h1-6,9-12H;2*7-9H,1-6H3;;/q-1;;;;. The molecule has 0 N–H and O–H groups in total. The number of rotatable bonds is 9. The molecule has 0 saturated carbocycles. The van der Waals surface area contributed by atoms with Crippen molar-refractivity contribution in [2.75, 3.05) is 0 Å². The third kappa shape index (κ3) is 20.6. The molecular weight excluding hydrogens is 745 g/mol. The Morgan fingerprint density at radius 1 is 0.674 bits per heavy atom. The predicted molar refractivity (Wildman–Crippen MR) is 187 cm³/mol. The zero-order valence-corrected chi connectivity index (χ0v) is 32.4. The van der Waals surface area contributed by atoms with Crippen LogP contribution in [0.15, 0.2) is 83.0 Å². The molecule has 2 aromatic carbocycles. The number of hydrogen-bond acceptors (Lipinski definition) is 1. The summed E-state index contributed by atoms with van der Waals surface area (Å²) < 4.78 is 7.50. The molecule has 0 unspecified atom stereocenters. The van der Waals surface area contributed by atoms with E-state index in [1.807, 2.05) is 60.7 Å². The van der Waals surface area contributed by atoms with E-state index in [9.17, 15) is 0 Å². The summed E-state index contributed by atoms with van der Waals surface area (Å²) in [6, 6.07) is 19.8. The molecule has 0 aromatic heterocycles. The van der Waals surface area contributed by atoms with Crippen LogP contribution in [0.5, 0.6) is 0 Å². The summed E-state index contributed by atoms with van der Waals surface area (Å²) in [6.45, 7) is 32.7. The summed E-state index contributed by atoms with van der Waals surface area (Å²) in [5, 5.41) is 3.12. The van der Waals surface area contributed by atoms with E-state index in [2.05, 4.69) is 123 Å². The Hall–Kier alpha value is -1.92. The number of azide groups is 1. The maximum Gasteiger partial charge on any atom is 0.0188 e. The molecule has 4 nitrogen and oxygen atoms in total. The fraction of sp³-hybridized carbons (Fsp3) is 0.500.